The van der Waals surface area contributed by atoms with Crippen LogP contribution in [0.5, 0.6) is 0 Å². The molecule has 0 radical (unpaired) electrons. The van der Waals surface area contributed by atoms with E-state index in [2.05, 4.69) is 9.32 Å². The number of nitro benzene ring substituents is 1. The van der Waals surface area contributed by atoms with Crippen molar-refractivity contribution < 1.29 is 32.2 Å². The summed E-state index contributed by atoms with van der Waals surface area (Å²) < 4.78 is 43.3. The summed E-state index contributed by atoms with van der Waals surface area (Å²) in [6, 6.07) is 5.35. The predicted octanol–water partition coefficient (Wildman–Crippen LogP) is 3.81. The average molecular weight is 438 g/mol. The summed E-state index contributed by atoms with van der Waals surface area (Å²) in [4.78, 5) is 27.0. The number of hydrogen-bond acceptors (Lipinski definition) is 7. The number of halogens is 4. The normalized spacial score (nSPS) is 16.5. The van der Waals surface area contributed by atoms with Gasteiger partial charge in [-0.1, -0.05) is 6.07 Å². The third-order valence-electron chi connectivity index (χ3n) is 4.25. The monoisotopic (exact) mass is 437 g/mol. The summed E-state index contributed by atoms with van der Waals surface area (Å²) in [6.45, 7) is -0.252. The first-order chi connectivity index (χ1) is 13.2. The van der Waals surface area contributed by atoms with Gasteiger partial charge in [-0.05, 0) is 28.5 Å². The van der Waals surface area contributed by atoms with Crippen LogP contribution in [0.4, 0.5) is 24.5 Å². The second-order valence-electron chi connectivity index (χ2n) is 5.81. The number of fused-ring (bicyclic) bond motifs is 3. The zero-order chi connectivity index (χ0) is 20.6. The summed E-state index contributed by atoms with van der Waals surface area (Å²) in [6.07, 6.45) is -5.05. The van der Waals surface area contributed by atoms with E-state index in [9.17, 15) is 28.1 Å². The van der Waals surface area contributed by atoms with Gasteiger partial charge in [-0.25, -0.2) is 0 Å². The summed E-state index contributed by atoms with van der Waals surface area (Å²) in [5, 5.41) is 12.1. The lowest BCUT2D eigenvalue weighted by Crippen LogP contribution is -2.40. The van der Waals surface area contributed by atoms with Crippen molar-refractivity contribution in [2.24, 2.45) is 5.90 Å². The van der Waals surface area contributed by atoms with Gasteiger partial charge in [0.15, 0.2) is 0 Å². The molecule has 1 aliphatic rings. The summed E-state index contributed by atoms with van der Waals surface area (Å²) >= 11 is 6.40. The van der Waals surface area contributed by atoms with Crippen LogP contribution in [-0.4, -0.2) is 29.4 Å². The lowest BCUT2D eigenvalue weighted by atomic mass is 9.95. The molecule has 1 heterocycles. The fourth-order valence-electron chi connectivity index (χ4n) is 3.16. The van der Waals surface area contributed by atoms with Gasteiger partial charge in [0.05, 0.1) is 17.0 Å². The van der Waals surface area contributed by atoms with Crippen LogP contribution in [-0.2, 0) is 14.1 Å². The van der Waals surface area contributed by atoms with E-state index in [1.807, 2.05) is 0 Å². The number of amides is 1. The van der Waals surface area contributed by atoms with E-state index in [1.54, 1.807) is 0 Å². The van der Waals surface area contributed by atoms with Crippen molar-refractivity contribution in [2.75, 3.05) is 17.3 Å². The van der Waals surface area contributed by atoms with E-state index in [-0.39, 0.29) is 28.7 Å². The molecule has 2 N–H and O–H groups in total. The van der Waals surface area contributed by atoms with Crippen LogP contribution < -0.4 is 10.8 Å². The zero-order valence-electron chi connectivity index (χ0n) is 13.7. The smallest absolute Gasteiger partial charge is 0.304 e. The molecule has 0 spiro atoms. The van der Waals surface area contributed by atoms with E-state index in [4.69, 9.17) is 17.5 Å². The molecular weight excluding hydrogens is 427 g/mol. The fourth-order valence-corrected chi connectivity index (χ4v) is 3.91. The molecule has 1 amide bonds. The molecule has 2 aromatic rings. The second-order valence-corrected chi connectivity index (χ2v) is 6.86. The Morgan fingerprint density at radius 2 is 2.14 bits per heavy atom. The first kappa shape index (κ1) is 20.6. The molecule has 2 aromatic carbocycles. The van der Waals surface area contributed by atoms with Gasteiger partial charge < -0.3 is 4.90 Å². The molecule has 8 nitrogen and oxygen atoms in total. The van der Waals surface area contributed by atoms with Crippen molar-refractivity contribution in [1.29, 1.82) is 0 Å². The maximum Gasteiger partial charge on any atom is 0.471 e. The van der Waals surface area contributed by atoms with Crippen molar-refractivity contribution in [3.63, 3.8) is 0 Å². The number of benzene rings is 2. The molecule has 13 heteroatoms. The molecule has 0 aromatic heterocycles. The molecule has 0 bridgehead atoms. The van der Waals surface area contributed by atoms with Crippen molar-refractivity contribution >= 4 is 51.7 Å². The minimum atomic E-state index is -5.05. The Bertz CT molecular complexity index is 959. The molecule has 0 fully saturated rings. The van der Waals surface area contributed by atoms with E-state index in [0.29, 0.717) is 33.3 Å². The van der Waals surface area contributed by atoms with Gasteiger partial charge in [0.1, 0.15) is 4.90 Å². The number of carbonyl (C=O) groups excluding carboxylic acids is 1. The molecular formula is C15H11ClF3N3O5S. The highest BCUT2D eigenvalue weighted by atomic mass is 35.5. The molecule has 28 heavy (non-hydrogen) atoms. The van der Waals surface area contributed by atoms with E-state index < -0.39 is 22.9 Å². The molecule has 1 aliphatic heterocycles. The lowest BCUT2D eigenvalue weighted by Gasteiger charge is -2.19. The largest absolute Gasteiger partial charge is 0.471 e. The van der Waals surface area contributed by atoms with Crippen molar-refractivity contribution in [3.05, 3.63) is 39.9 Å². The van der Waals surface area contributed by atoms with Gasteiger partial charge in [0, 0.05) is 30.1 Å². The van der Waals surface area contributed by atoms with Crippen molar-refractivity contribution in [1.82, 2.24) is 0 Å². The first-order valence-electron chi connectivity index (χ1n) is 7.58. The number of alkyl halides is 4. The number of nitrogens with zero attached hydrogens (tertiary/aromatic N) is 2. The Morgan fingerprint density at radius 3 is 2.71 bits per heavy atom. The van der Waals surface area contributed by atoms with Crippen LogP contribution in [0.1, 0.15) is 11.5 Å². The van der Waals surface area contributed by atoms with Crippen LogP contribution in [0.2, 0.25) is 0 Å². The van der Waals surface area contributed by atoms with E-state index in [0.717, 1.165) is 0 Å². The Labute approximate surface area is 164 Å². The molecule has 1 atom stereocenters. The maximum atomic E-state index is 12.9. The lowest BCUT2D eigenvalue weighted by molar-refractivity contribution is -0.387. The van der Waals surface area contributed by atoms with Gasteiger partial charge in [-0.3, -0.25) is 14.9 Å². The summed E-state index contributed by atoms with van der Waals surface area (Å²) in [5.41, 5.74) is 0.148. The van der Waals surface area contributed by atoms with Crippen LogP contribution >= 0.6 is 23.6 Å². The van der Waals surface area contributed by atoms with Gasteiger partial charge in [-0.2, -0.15) is 19.1 Å². The Balaban J connectivity index is 2.21. The van der Waals surface area contributed by atoms with Gasteiger partial charge in [-0.15, -0.1) is 20.9 Å². The number of anilines is 1. The molecule has 0 saturated carbocycles. The standard InChI is InChI=1S/C15H11ClF3N3O5S/c16-5-8-6-21(14(23)15(17,18)19)10-2-1-7-3-11(22(24)25)12(28-27-26-20)4-9(7)13(8)10/h1-4,8H,5-6,20H2. The van der Waals surface area contributed by atoms with E-state index >= 15 is 0 Å². The van der Waals surface area contributed by atoms with E-state index in [1.165, 1.54) is 24.3 Å². The highest BCUT2D eigenvalue weighted by Gasteiger charge is 2.46. The molecule has 150 valence electrons. The fraction of sp³-hybridized carbons (Fsp3) is 0.267. The van der Waals surface area contributed by atoms with Crippen LogP contribution in [0.3, 0.4) is 0 Å². The van der Waals surface area contributed by atoms with Crippen LogP contribution in [0.25, 0.3) is 10.8 Å². The molecule has 0 aliphatic carbocycles. The topological polar surface area (TPSA) is 108 Å². The van der Waals surface area contributed by atoms with Gasteiger partial charge in [0.2, 0.25) is 0 Å². The third-order valence-corrected chi connectivity index (χ3v) is 5.28. The average Bonchev–Trinajstić information content (AvgIpc) is 3.03. The second kappa shape index (κ2) is 7.72. The molecule has 3 rings (SSSR count). The zero-order valence-corrected chi connectivity index (χ0v) is 15.3. The van der Waals surface area contributed by atoms with Gasteiger partial charge >= 0.3 is 12.1 Å². The number of nitrogens with two attached hydrogens (primary N) is 1. The summed E-state index contributed by atoms with van der Waals surface area (Å²) in [5.74, 6) is 2.13. The Morgan fingerprint density at radius 1 is 1.43 bits per heavy atom. The Hall–Kier alpha value is -2.12. The quantitative estimate of drug-likeness (QED) is 0.249. The summed E-state index contributed by atoms with van der Waals surface area (Å²) in [7, 11) is 0. The van der Waals surface area contributed by atoms with Crippen LogP contribution in [0, 0.1) is 10.1 Å². The minimum absolute atomic E-state index is 0.0188. The van der Waals surface area contributed by atoms with Crippen molar-refractivity contribution in [3.8, 4) is 0 Å². The molecule has 1 unspecified atom stereocenters. The van der Waals surface area contributed by atoms with Crippen molar-refractivity contribution in [2.45, 2.75) is 17.0 Å². The number of carbonyl (C=O) groups is 1. The third kappa shape index (κ3) is 3.61. The first-order valence-corrected chi connectivity index (χ1v) is 8.86. The van der Waals surface area contributed by atoms with Crippen LogP contribution in [0.15, 0.2) is 29.2 Å². The number of hydrogen-bond donors (Lipinski definition) is 1. The minimum Gasteiger partial charge on any atom is -0.304 e. The molecule has 0 saturated heterocycles. The highest BCUT2D eigenvalue weighted by Crippen LogP contribution is 2.45. The SMILES string of the molecule is NOOSc1cc2c3c(ccc2cc1[N+](=O)[O-])N(C(=O)C(F)(F)F)CC3CCl. The Kier molecular flexibility index (Phi) is 5.68. The maximum absolute atomic E-state index is 12.9. The number of rotatable bonds is 5. The van der Waals surface area contributed by atoms with Gasteiger partial charge in [0.25, 0.3) is 5.69 Å². The number of nitro groups is 1. The predicted molar refractivity (Wildman–Crippen MR) is 94.7 cm³/mol. The highest BCUT2D eigenvalue weighted by molar-refractivity contribution is 7.94.